The Morgan fingerprint density at radius 3 is 2.16 bits per heavy atom. The number of rotatable bonds is 3. The summed E-state index contributed by atoms with van der Waals surface area (Å²) in [4.78, 5) is 12.7. The Balaban J connectivity index is 3.00. The maximum Gasteiger partial charge on any atom is 0.408 e. The number of nitrogens with zero attached hydrogens (tertiary/aromatic N) is 1. The number of amides is 1. The summed E-state index contributed by atoms with van der Waals surface area (Å²) in [7, 11) is 0. The van der Waals surface area contributed by atoms with Crippen LogP contribution >= 0.6 is 0 Å². The fourth-order valence-electron chi connectivity index (χ4n) is 2.20. The molecule has 5 heteroatoms. The molecular weight excluding hydrogens is 247 g/mol. The average Bonchev–Trinajstić information content (AvgIpc) is 2.26. The fourth-order valence-corrected chi connectivity index (χ4v) is 2.20. The normalized spacial score (nSPS) is 14.8. The second-order valence-electron chi connectivity index (χ2n) is 5.64. The van der Waals surface area contributed by atoms with Crippen molar-refractivity contribution in [1.82, 2.24) is 4.90 Å². The van der Waals surface area contributed by atoms with E-state index in [9.17, 15) is 14.3 Å². The van der Waals surface area contributed by atoms with Gasteiger partial charge in [0.25, 0.3) is 0 Å². The van der Waals surface area contributed by atoms with Gasteiger partial charge < -0.3 is 10.8 Å². The van der Waals surface area contributed by atoms with Crippen LogP contribution in [-0.4, -0.2) is 27.7 Å². The maximum atomic E-state index is 12.9. The summed E-state index contributed by atoms with van der Waals surface area (Å²) >= 11 is 0. The topological polar surface area (TPSA) is 66.6 Å². The van der Waals surface area contributed by atoms with E-state index in [1.807, 2.05) is 20.8 Å². The van der Waals surface area contributed by atoms with Crippen LogP contribution in [-0.2, 0) is 0 Å². The van der Waals surface area contributed by atoms with Crippen LogP contribution in [0.15, 0.2) is 24.3 Å². The van der Waals surface area contributed by atoms with Crippen molar-refractivity contribution in [3.8, 4) is 0 Å². The Kier molecular flexibility index (Phi) is 4.52. The molecule has 0 radical (unpaired) electrons. The van der Waals surface area contributed by atoms with E-state index in [0.717, 1.165) is 0 Å². The van der Waals surface area contributed by atoms with Crippen molar-refractivity contribution in [3.63, 3.8) is 0 Å². The summed E-state index contributed by atoms with van der Waals surface area (Å²) in [5.74, 6) is -0.338. The molecule has 0 aliphatic rings. The Bertz CT molecular complexity index is 440. The lowest BCUT2D eigenvalue weighted by Gasteiger charge is -2.40. The highest BCUT2D eigenvalue weighted by atomic mass is 19.1. The Morgan fingerprint density at radius 2 is 1.79 bits per heavy atom. The predicted molar refractivity (Wildman–Crippen MR) is 72.4 cm³/mol. The van der Waals surface area contributed by atoms with E-state index in [1.165, 1.54) is 17.0 Å². The first-order valence-electron chi connectivity index (χ1n) is 6.18. The van der Waals surface area contributed by atoms with Gasteiger partial charge in [-0.3, -0.25) is 4.90 Å². The minimum Gasteiger partial charge on any atom is -0.465 e. The first-order chi connectivity index (χ1) is 8.64. The van der Waals surface area contributed by atoms with E-state index in [0.29, 0.717) is 5.56 Å². The van der Waals surface area contributed by atoms with Gasteiger partial charge in [-0.05, 0) is 45.4 Å². The zero-order valence-corrected chi connectivity index (χ0v) is 11.7. The zero-order valence-electron chi connectivity index (χ0n) is 11.7. The van der Waals surface area contributed by atoms with Gasteiger partial charge in [-0.15, -0.1) is 0 Å². The van der Waals surface area contributed by atoms with Crippen LogP contribution in [0, 0.1) is 5.82 Å². The molecule has 19 heavy (non-hydrogen) atoms. The Morgan fingerprint density at radius 1 is 1.32 bits per heavy atom. The molecule has 1 aromatic carbocycles. The van der Waals surface area contributed by atoms with Crippen molar-refractivity contribution < 1.29 is 14.3 Å². The minimum absolute atomic E-state index is 0.338. The van der Waals surface area contributed by atoms with Crippen molar-refractivity contribution in [1.29, 1.82) is 0 Å². The summed E-state index contributed by atoms with van der Waals surface area (Å²) in [6.07, 6.45) is -1.02. The lowest BCUT2D eigenvalue weighted by atomic mass is 9.96. The number of hydrogen-bond donors (Lipinski definition) is 2. The smallest absolute Gasteiger partial charge is 0.408 e. The summed E-state index contributed by atoms with van der Waals surface area (Å²) in [5.41, 5.74) is 6.26. The highest BCUT2D eigenvalue weighted by Crippen LogP contribution is 2.25. The van der Waals surface area contributed by atoms with E-state index in [-0.39, 0.29) is 5.82 Å². The lowest BCUT2D eigenvalue weighted by molar-refractivity contribution is 0.0671. The van der Waals surface area contributed by atoms with Crippen LogP contribution in [0.3, 0.4) is 0 Å². The first kappa shape index (κ1) is 15.4. The molecule has 0 saturated heterocycles. The molecule has 0 heterocycles. The van der Waals surface area contributed by atoms with Gasteiger partial charge in [-0.25, -0.2) is 9.18 Å². The molecule has 4 nitrogen and oxygen atoms in total. The predicted octanol–water partition coefficient (Wildman–Crippen LogP) is 2.99. The highest BCUT2D eigenvalue weighted by Gasteiger charge is 2.34. The van der Waals surface area contributed by atoms with Crippen molar-refractivity contribution in [3.05, 3.63) is 35.6 Å². The summed E-state index contributed by atoms with van der Waals surface area (Å²) in [6.45, 7) is 7.20. The van der Waals surface area contributed by atoms with E-state index in [2.05, 4.69) is 0 Å². The van der Waals surface area contributed by atoms with Gasteiger partial charge in [-0.2, -0.15) is 0 Å². The average molecular weight is 268 g/mol. The third-order valence-electron chi connectivity index (χ3n) is 3.11. The molecule has 0 aliphatic heterocycles. The highest BCUT2D eigenvalue weighted by molar-refractivity contribution is 5.66. The van der Waals surface area contributed by atoms with E-state index in [1.54, 1.807) is 19.1 Å². The van der Waals surface area contributed by atoms with Crippen molar-refractivity contribution >= 4 is 6.09 Å². The number of carboxylic acid groups (broad SMARTS) is 1. The number of halogens is 1. The minimum atomic E-state index is -1.02. The van der Waals surface area contributed by atoms with Gasteiger partial charge in [0.1, 0.15) is 5.82 Å². The third kappa shape index (κ3) is 3.67. The van der Waals surface area contributed by atoms with E-state index < -0.39 is 23.7 Å². The number of carbonyl (C=O) groups is 1. The van der Waals surface area contributed by atoms with Gasteiger partial charge in [-0.1, -0.05) is 12.1 Å². The summed E-state index contributed by atoms with van der Waals surface area (Å²) in [5, 5.41) is 9.33. The second-order valence-corrected chi connectivity index (χ2v) is 5.64. The number of nitrogens with two attached hydrogens (primary N) is 1. The van der Waals surface area contributed by atoms with E-state index >= 15 is 0 Å². The molecule has 106 valence electrons. The molecule has 2 atom stereocenters. The molecule has 1 rings (SSSR count). The molecule has 0 spiro atoms. The lowest BCUT2D eigenvalue weighted by Crippen LogP contribution is -2.53. The van der Waals surface area contributed by atoms with Crippen LogP contribution in [0.1, 0.15) is 39.3 Å². The van der Waals surface area contributed by atoms with Crippen LogP contribution < -0.4 is 5.73 Å². The first-order valence-corrected chi connectivity index (χ1v) is 6.18. The van der Waals surface area contributed by atoms with Gasteiger partial charge in [0, 0.05) is 5.54 Å². The molecule has 0 aromatic heterocycles. The van der Waals surface area contributed by atoms with Crippen LogP contribution in [0.2, 0.25) is 0 Å². The molecule has 0 unspecified atom stereocenters. The second kappa shape index (κ2) is 5.57. The molecular formula is C14H21FN2O2. The largest absolute Gasteiger partial charge is 0.465 e. The monoisotopic (exact) mass is 268 g/mol. The van der Waals surface area contributed by atoms with Gasteiger partial charge in [0.2, 0.25) is 0 Å². The van der Waals surface area contributed by atoms with Crippen molar-refractivity contribution in [2.75, 3.05) is 0 Å². The number of benzene rings is 1. The quantitative estimate of drug-likeness (QED) is 0.885. The van der Waals surface area contributed by atoms with Crippen LogP contribution in [0.25, 0.3) is 0 Å². The maximum absolute atomic E-state index is 12.9. The molecule has 0 bridgehead atoms. The summed E-state index contributed by atoms with van der Waals surface area (Å²) < 4.78 is 12.9. The molecule has 0 saturated carbocycles. The van der Waals surface area contributed by atoms with Crippen LogP contribution in [0.4, 0.5) is 9.18 Å². The van der Waals surface area contributed by atoms with Crippen molar-refractivity contribution in [2.45, 2.75) is 45.3 Å². The Labute approximate surface area is 113 Å². The molecule has 1 amide bonds. The fraction of sp³-hybridized carbons (Fsp3) is 0.500. The Hall–Kier alpha value is -1.62. The van der Waals surface area contributed by atoms with Gasteiger partial charge >= 0.3 is 6.09 Å². The van der Waals surface area contributed by atoms with Crippen molar-refractivity contribution in [2.24, 2.45) is 5.73 Å². The van der Waals surface area contributed by atoms with Gasteiger partial charge in [0.05, 0.1) is 12.1 Å². The third-order valence-corrected chi connectivity index (χ3v) is 3.11. The standard InChI is InChI=1S/C14H21FN2O2/c1-9(17(13(18)19)14(2,3)4)12(16)10-5-7-11(15)8-6-10/h5-9,12H,16H2,1-4H3,(H,18,19)/t9-,12+/m0/s1. The molecule has 3 N–H and O–H groups in total. The van der Waals surface area contributed by atoms with Gasteiger partial charge in [0.15, 0.2) is 0 Å². The number of hydrogen-bond acceptors (Lipinski definition) is 2. The molecule has 0 aliphatic carbocycles. The van der Waals surface area contributed by atoms with E-state index in [4.69, 9.17) is 5.73 Å². The molecule has 0 fully saturated rings. The zero-order chi connectivity index (χ0) is 14.8. The molecule has 1 aromatic rings. The SMILES string of the molecule is C[C@@H]([C@@H](N)c1ccc(F)cc1)N(C(=O)O)C(C)(C)C. The summed E-state index contributed by atoms with van der Waals surface area (Å²) in [6, 6.07) is 4.89. The van der Waals surface area contributed by atoms with Crippen LogP contribution in [0.5, 0.6) is 0 Å².